The van der Waals surface area contributed by atoms with Crippen LogP contribution in [0.25, 0.3) is 10.2 Å². The van der Waals surface area contributed by atoms with Crippen molar-refractivity contribution < 1.29 is 4.21 Å². The largest absolute Gasteiger partial charge is 0.252 e. The van der Waals surface area contributed by atoms with E-state index in [1.165, 1.54) is 11.3 Å². The summed E-state index contributed by atoms with van der Waals surface area (Å²) in [5.41, 5.74) is 0.938. The molecule has 0 unspecified atom stereocenters. The molecule has 0 spiro atoms. The van der Waals surface area contributed by atoms with Crippen molar-refractivity contribution in [2.45, 2.75) is 4.34 Å². The molecule has 0 N–H and O–H groups in total. The lowest BCUT2D eigenvalue weighted by Gasteiger charge is -1.81. The van der Waals surface area contributed by atoms with Gasteiger partial charge in [0.05, 0.1) is 21.0 Å². The smallest absolute Gasteiger partial charge is 0.181 e. The van der Waals surface area contributed by atoms with E-state index in [2.05, 4.69) is 4.98 Å². The monoisotopic (exact) mass is 197 g/mol. The fraction of sp³-hybridized carbons (Fsp3) is 0.125. The van der Waals surface area contributed by atoms with Crippen LogP contribution in [0.2, 0.25) is 0 Å². The molecule has 0 saturated heterocycles. The molecule has 1 aromatic carbocycles. The molecular formula is C8H7NOS2. The third-order valence-electron chi connectivity index (χ3n) is 1.52. The quantitative estimate of drug-likeness (QED) is 0.700. The first kappa shape index (κ1) is 7.89. The maximum atomic E-state index is 11.1. The highest BCUT2D eigenvalue weighted by molar-refractivity contribution is 7.86. The molecule has 2 aromatic rings. The summed E-state index contributed by atoms with van der Waals surface area (Å²) in [6, 6.07) is 7.82. The number of nitrogens with zero attached hydrogens (tertiary/aromatic N) is 1. The number of para-hydroxylation sites is 1. The van der Waals surface area contributed by atoms with Crippen LogP contribution in [0.4, 0.5) is 0 Å². The highest BCUT2D eigenvalue weighted by Gasteiger charge is 2.04. The Balaban J connectivity index is 2.70. The standard InChI is InChI=1S/C8H7NOS2/c1-12(10)8-9-6-4-2-3-5-7(6)11-8/h2-5H,1H3/t12-/m1/s1. The molecule has 1 heterocycles. The van der Waals surface area contributed by atoms with E-state index in [1.807, 2.05) is 24.3 Å². The summed E-state index contributed by atoms with van der Waals surface area (Å²) in [6.45, 7) is 0. The second kappa shape index (κ2) is 2.95. The van der Waals surface area contributed by atoms with Crippen LogP contribution in [0.3, 0.4) is 0 Å². The van der Waals surface area contributed by atoms with Gasteiger partial charge in [-0.15, -0.1) is 11.3 Å². The number of hydrogen-bond donors (Lipinski definition) is 0. The van der Waals surface area contributed by atoms with Crippen molar-refractivity contribution in [3.63, 3.8) is 0 Å². The number of hydrogen-bond acceptors (Lipinski definition) is 3. The topological polar surface area (TPSA) is 30.0 Å². The number of rotatable bonds is 1. The summed E-state index contributed by atoms with van der Waals surface area (Å²) in [7, 11) is -0.954. The number of thiazole rings is 1. The molecule has 4 heteroatoms. The maximum Gasteiger partial charge on any atom is 0.181 e. The molecule has 0 amide bonds. The van der Waals surface area contributed by atoms with Gasteiger partial charge in [-0.3, -0.25) is 4.21 Å². The van der Waals surface area contributed by atoms with E-state index in [9.17, 15) is 4.21 Å². The summed E-state index contributed by atoms with van der Waals surface area (Å²) >= 11 is 1.49. The van der Waals surface area contributed by atoms with Gasteiger partial charge in [-0.25, -0.2) is 4.98 Å². The Morgan fingerprint density at radius 1 is 1.42 bits per heavy atom. The van der Waals surface area contributed by atoms with Gasteiger partial charge < -0.3 is 0 Å². The van der Waals surface area contributed by atoms with Crippen LogP contribution in [0.1, 0.15) is 0 Å². The third-order valence-corrected chi connectivity index (χ3v) is 3.89. The minimum absolute atomic E-state index is 0.705. The Bertz CT molecular complexity index is 402. The summed E-state index contributed by atoms with van der Waals surface area (Å²) in [6.07, 6.45) is 1.65. The van der Waals surface area contributed by atoms with Crippen LogP contribution >= 0.6 is 11.3 Å². The van der Waals surface area contributed by atoms with Gasteiger partial charge in [-0.2, -0.15) is 0 Å². The molecule has 0 bridgehead atoms. The summed E-state index contributed by atoms with van der Waals surface area (Å²) in [5, 5.41) is 0. The molecule has 0 aliphatic carbocycles. The molecule has 0 aliphatic heterocycles. The average molecular weight is 197 g/mol. The van der Waals surface area contributed by atoms with Gasteiger partial charge in [0.1, 0.15) is 0 Å². The summed E-state index contributed by atoms with van der Waals surface area (Å²) < 4.78 is 12.9. The second-order valence-corrected chi connectivity index (χ2v) is 4.99. The Hall–Kier alpha value is -0.740. The van der Waals surface area contributed by atoms with Crippen molar-refractivity contribution in [3.05, 3.63) is 24.3 Å². The molecule has 1 atom stereocenters. The lowest BCUT2D eigenvalue weighted by Crippen LogP contribution is -1.83. The van der Waals surface area contributed by atoms with Gasteiger partial charge in [0.25, 0.3) is 0 Å². The zero-order valence-electron chi connectivity index (χ0n) is 6.48. The molecule has 1 aromatic heterocycles. The number of benzene rings is 1. The van der Waals surface area contributed by atoms with Crippen molar-refractivity contribution in [1.29, 1.82) is 0 Å². The van der Waals surface area contributed by atoms with Crippen LogP contribution in [-0.4, -0.2) is 15.4 Å². The molecule has 0 saturated carbocycles. The van der Waals surface area contributed by atoms with Gasteiger partial charge in [0.15, 0.2) is 4.34 Å². The lowest BCUT2D eigenvalue weighted by molar-refractivity contribution is 0.686. The highest BCUT2D eigenvalue weighted by Crippen LogP contribution is 2.22. The van der Waals surface area contributed by atoms with E-state index in [4.69, 9.17) is 0 Å². The zero-order valence-corrected chi connectivity index (χ0v) is 8.11. The minimum Gasteiger partial charge on any atom is -0.252 e. The molecule has 0 aliphatic rings. The minimum atomic E-state index is -0.954. The molecule has 0 fully saturated rings. The highest BCUT2D eigenvalue weighted by atomic mass is 32.2. The van der Waals surface area contributed by atoms with Crippen LogP contribution in [0, 0.1) is 0 Å². The second-order valence-electron chi connectivity index (χ2n) is 2.40. The molecule has 12 heavy (non-hydrogen) atoms. The Kier molecular flexibility index (Phi) is 1.94. The zero-order chi connectivity index (χ0) is 8.55. The molecule has 0 radical (unpaired) electrons. The molecule has 62 valence electrons. The van der Waals surface area contributed by atoms with Crippen LogP contribution in [-0.2, 0) is 10.8 Å². The predicted molar refractivity (Wildman–Crippen MR) is 52.0 cm³/mol. The van der Waals surface area contributed by atoms with Crippen molar-refractivity contribution in [1.82, 2.24) is 4.98 Å². The van der Waals surface area contributed by atoms with Crippen LogP contribution < -0.4 is 0 Å². The van der Waals surface area contributed by atoms with Crippen LogP contribution in [0.15, 0.2) is 28.6 Å². The average Bonchev–Trinajstić information content (AvgIpc) is 2.46. The van der Waals surface area contributed by atoms with Crippen LogP contribution in [0.5, 0.6) is 0 Å². The van der Waals surface area contributed by atoms with Gasteiger partial charge in [-0.05, 0) is 12.1 Å². The first-order chi connectivity index (χ1) is 5.77. The van der Waals surface area contributed by atoms with Crippen molar-refractivity contribution >= 4 is 32.4 Å². The van der Waals surface area contributed by atoms with Crippen molar-refractivity contribution in [2.24, 2.45) is 0 Å². The predicted octanol–water partition coefficient (Wildman–Crippen LogP) is 2.03. The maximum absolute atomic E-state index is 11.1. The fourth-order valence-electron chi connectivity index (χ4n) is 0.974. The molecule has 2 nitrogen and oxygen atoms in total. The Morgan fingerprint density at radius 3 is 2.83 bits per heavy atom. The van der Waals surface area contributed by atoms with E-state index in [0.717, 1.165) is 10.2 Å². The lowest BCUT2D eigenvalue weighted by atomic mass is 10.3. The number of aromatic nitrogens is 1. The van der Waals surface area contributed by atoms with Gasteiger partial charge in [0.2, 0.25) is 0 Å². The van der Waals surface area contributed by atoms with Gasteiger partial charge in [-0.1, -0.05) is 12.1 Å². The Morgan fingerprint density at radius 2 is 2.17 bits per heavy atom. The fourth-order valence-corrected chi connectivity index (χ4v) is 2.64. The van der Waals surface area contributed by atoms with E-state index >= 15 is 0 Å². The summed E-state index contributed by atoms with van der Waals surface area (Å²) in [4.78, 5) is 4.23. The van der Waals surface area contributed by atoms with Gasteiger partial charge in [0, 0.05) is 6.26 Å². The normalized spacial score (nSPS) is 13.4. The number of fused-ring (bicyclic) bond motifs is 1. The summed E-state index contributed by atoms with van der Waals surface area (Å²) in [5.74, 6) is 0. The van der Waals surface area contributed by atoms with E-state index in [0.29, 0.717) is 4.34 Å². The molecule has 2 rings (SSSR count). The third kappa shape index (κ3) is 1.28. The SMILES string of the molecule is C[S@@](=O)c1nc2ccccc2s1. The first-order valence-corrected chi connectivity index (χ1v) is 5.84. The van der Waals surface area contributed by atoms with E-state index in [-0.39, 0.29) is 0 Å². The van der Waals surface area contributed by atoms with E-state index < -0.39 is 10.8 Å². The van der Waals surface area contributed by atoms with Crippen molar-refractivity contribution in [2.75, 3.05) is 6.26 Å². The van der Waals surface area contributed by atoms with Crippen molar-refractivity contribution in [3.8, 4) is 0 Å². The molecular weight excluding hydrogens is 190 g/mol. The van der Waals surface area contributed by atoms with Gasteiger partial charge >= 0.3 is 0 Å². The first-order valence-electron chi connectivity index (χ1n) is 3.46. The van der Waals surface area contributed by atoms with E-state index in [1.54, 1.807) is 6.26 Å². The Labute approximate surface area is 76.7 Å².